The Morgan fingerprint density at radius 2 is 1.07 bits per heavy atom. The molecule has 0 fully saturated rings. The van der Waals surface area contributed by atoms with Crippen molar-refractivity contribution in [3.05, 3.63) is 72.9 Å². The van der Waals surface area contributed by atoms with Crippen molar-refractivity contribution in [3.63, 3.8) is 0 Å². The van der Waals surface area contributed by atoms with Crippen LogP contribution >= 0.6 is 0 Å². The zero-order valence-electron chi connectivity index (χ0n) is 17.3. The van der Waals surface area contributed by atoms with Gasteiger partial charge in [0.15, 0.2) is 0 Å². The molecule has 0 aromatic heterocycles. The summed E-state index contributed by atoms with van der Waals surface area (Å²) in [7, 11) is 1.36. The summed E-state index contributed by atoms with van der Waals surface area (Å²) in [4.78, 5) is 10.8. The van der Waals surface area contributed by atoms with Crippen LogP contribution in [0.25, 0.3) is 0 Å². The van der Waals surface area contributed by atoms with Gasteiger partial charge in [0.1, 0.15) is 0 Å². The summed E-state index contributed by atoms with van der Waals surface area (Å²) in [5.41, 5.74) is 0. The molecule has 0 rings (SSSR count). The first-order chi connectivity index (χ1) is 13.3. The van der Waals surface area contributed by atoms with Gasteiger partial charge in [-0.2, -0.15) is 0 Å². The highest BCUT2D eigenvalue weighted by molar-refractivity contribution is 5.82. The number of carbonyl (C=O) groups excluding carboxylic acids is 1. The van der Waals surface area contributed by atoms with Crippen molar-refractivity contribution >= 4 is 5.97 Å². The highest BCUT2D eigenvalue weighted by atomic mass is 16.5. The van der Waals surface area contributed by atoms with Gasteiger partial charge in [-0.15, -0.1) is 0 Å². The van der Waals surface area contributed by atoms with Crippen LogP contribution in [0.2, 0.25) is 0 Å². The molecule has 2 heteroatoms. The van der Waals surface area contributed by atoms with Gasteiger partial charge in [-0.3, -0.25) is 0 Å². The first-order valence-electron chi connectivity index (χ1n) is 10.4. The van der Waals surface area contributed by atoms with Crippen LogP contribution in [0, 0.1) is 0 Å². The lowest BCUT2D eigenvalue weighted by Gasteiger charge is -2.00. The van der Waals surface area contributed by atoms with Crippen LogP contribution in [-0.4, -0.2) is 13.1 Å². The van der Waals surface area contributed by atoms with E-state index in [1.807, 2.05) is 36.5 Å². The van der Waals surface area contributed by atoms with Crippen LogP contribution in [0.15, 0.2) is 72.9 Å². The monoisotopic (exact) mass is 370 g/mol. The highest BCUT2D eigenvalue weighted by Crippen LogP contribution is 2.10. The number of esters is 1. The summed E-state index contributed by atoms with van der Waals surface area (Å²) in [6.07, 6.45) is 36.6. The third-order valence-electron chi connectivity index (χ3n) is 4.04. The number of unbranched alkanes of at least 4 members (excludes halogenated alkanes) is 9. The summed E-state index contributed by atoms with van der Waals surface area (Å²) < 4.78 is 4.49. The Morgan fingerprint density at radius 3 is 1.59 bits per heavy atom. The SMILES string of the molecule is CCCCCCCCCCC/C=C/C=C/C=C/C=C/C=C/C=C/C(=O)OC. The van der Waals surface area contributed by atoms with Crippen LogP contribution in [0.5, 0.6) is 0 Å². The number of ether oxygens (including phenoxy) is 1. The minimum Gasteiger partial charge on any atom is -0.466 e. The smallest absolute Gasteiger partial charge is 0.330 e. The molecule has 0 unspecified atom stereocenters. The maximum Gasteiger partial charge on any atom is 0.330 e. The molecule has 0 bridgehead atoms. The lowest BCUT2D eigenvalue weighted by Crippen LogP contribution is -1.92. The number of hydrogen-bond acceptors (Lipinski definition) is 2. The molecule has 0 amide bonds. The maximum absolute atomic E-state index is 10.8. The fourth-order valence-corrected chi connectivity index (χ4v) is 2.46. The van der Waals surface area contributed by atoms with Gasteiger partial charge in [-0.05, 0) is 12.8 Å². The molecule has 0 radical (unpaired) electrons. The van der Waals surface area contributed by atoms with E-state index in [4.69, 9.17) is 0 Å². The van der Waals surface area contributed by atoms with Gasteiger partial charge in [0.05, 0.1) is 7.11 Å². The third kappa shape index (κ3) is 21.9. The lowest BCUT2D eigenvalue weighted by atomic mass is 10.1. The second-order valence-electron chi connectivity index (χ2n) is 6.47. The Balaban J connectivity index is 3.55. The first-order valence-corrected chi connectivity index (χ1v) is 10.4. The minimum atomic E-state index is -0.348. The van der Waals surface area contributed by atoms with E-state index in [2.05, 4.69) is 29.9 Å². The maximum atomic E-state index is 10.8. The molecule has 0 spiro atoms. The minimum absolute atomic E-state index is 0.348. The van der Waals surface area contributed by atoms with E-state index in [0.717, 1.165) is 0 Å². The highest BCUT2D eigenvalue weighted by Gasteiger charge is 1.90. The molecular weight excluding hydrogens is 332 g/mol. The van der Waals surface area contributed by atoms with Crippen molar-refractivity contribution < 1.29 is 9.53 Å². The molecule has 0 aromatic carbocycles. The van der Waals surface area contributed by atoms with E-state index in [1.165, 1.54) is 77.4 Å². The number of allylic oxidation sites excluding steroid dienone is 11. The van der Waals surface area contributed by atoms with E-state index in [0.29, 0.717) is 0 Å². The van der Waals surface area contributed by atoms with Crippen molar-refractivity contribution in [2.24, 2.45) is 0 Å². The Hall–Kier alpha value is -2.09. The Labute approximate surface area is 167 Å². The van der Waals surface area contributed by atoms with Gasteiger partial charge in [-0.25, -0.2) is 4.79 Å². The molecule has 0 saturated carbocycles. The Kier molecular flexibility index (Phi) is 20.3. The van der Waals surface area contributed by atoms with Gasteiger partial charge in [0.25, 0.3) is 0 Å². The van der Waals surface area contributed by atoms with Crippen LogP contribution in [0.3, 0.4) is 0 Å². The number of carbonyl (C=O) groups is 1. The van der Waals surface area contributed by atoms with Crippen molar-refractivity contribution in [1.29, 1.82) is 0 Å². The zero-order valence-corrected chi connectivity index (χ0v) is 17.3. The topological polar surface area (TPSA) is 26.3 Å². The molecule has 150 valence electrons. The average molecular weight is 371 g/mol. The molecule has 0 saturated heterocycles. The van der Waals surface area contributed by atoms with Gasteiger partial charge < -0.3 is 4.74 Å². The summed E-state index contributed by atoms with van der Waals surface area (Å²) in [5.74, 6) is -0.348. The van der Waals surface area contributed by atoms with Gasteiger partial charge in [0.2, 0.25) is 0 Å². The fourth-order valence-electron chi connectivity index (χ4n) is 2.46. The van der Waals surface area contributed by atoms with E-state index in [-0.39, 0.29) is 5.97 Å². The number of rotatable bonds is 16. The lowest BCUT2D eigenvalue weighted by molar-refractivity contribution is -0.134. The molecule has 0 aliphatic rings. The summed E-state index contributed by atoms with van der Waals surface area (Å²) in [6, 6.07) is 0. The Bertz CT molecular complexity index is 504. The summed E-state index contributed by atoms with van der Waals surface area (Å²) >= 11 is 0. The molecule has 0 aliphatic carbocycles. The standard InChI is InChI=1S/C25H38O2/c1-3-4-5-6-7-8-9-10-11-12-13-14-15-16-17-18-19-20-21-22-23-24-25(26)27-2/h13-24H,3-12H2,1-2H3/b14-13+,16-15+,18-17+,20-19+,22-21+,24-23+. The van der Waals surface area contributed by atoms with Crippen molar-refractivity contribution in [2.45, 2.75) is 71.1 Å². The molecule has 27 heavy (non-hydrogen) atoms. The van der Waals surface area contributed by atoms with Crippen molar-refractivity contribution in [3.8, 4) is 0 Å². The van der Waals surface area contributed by atoms with Gasteiger partial charge in [0, 0.05) is 6.08 Å². The normalized spacial score (nSPS) is 12.8. The summed E-state index contributed by atoms with van der Waals surface area (Å²) in [6.45, 7) is 2.27. The molecule has 0 atom stereocenters. The van der Waals surface area contributed by atoms with E-state index in [1.54, 1.807) is 12.2 Å². The van der Waals surface area contributed by atoms with Gasteiger partial charge >= 0.3 is 5.97 Å². The first kappa shape index (κ1) is 24.9. The molecule has 0 N–H and O–H groups in total. The molecule has 0 aromatic rings. The van der Waals surface area contributed by atoms with E-state index in [9.17, 15) is 4.79 Å². The molecule has 0 heterocycles. The van der Waals surface area contributed by atoms with Crippen LogP contribution < -0.4 is 0 Å². The van der Waals surface area contributed by atoms with Crippen LogP contribution in [-0.2, 0) is 9.53 Å². The quantitative estimate of drug-likeness (QED) is 0.122. The predicted molar refractivity (Wildman–Crippen MR) is 119 cm³/mol. The van der Waals surface area contributed by atoms with Crippen molar-refractivity contribution in [1.82, 2.24) is 0 Å². The second-order valence-corrected chi connectivity index (χ2v) is 6.47. The van der Waals surface area contributed by atoms with Crippen LogP contribution in [0.1, 0.15) is 71.1 Å². The average Bonchev–Trinajstić information content (AvgIpc) is 2.68. The van der Waals surface area contributed by atoms with Crippen molar-refractivity contribution in [2.75, 3.05) is 7.11 Å². The summed E-state index contributed by atoms with van der Waals surface area (Å²) in [5, 5.41) is 0. The Morgan fingerprint density at radius 1 is 0.630 bits per heavy atom. The fraction of sp³-hybridized carbons (Fsp3) is 0.480. The van der Waals surface area contributed by atoms with Crippen LogP contribution in [0.4, 0.5) is 0 Å². The molecule has 2 nitrogen and oxygen atoms in total. The zero-order chi connectivity index (χ0) is 19.8. The predicted octanol–water partition coefficient (Wildman–Crippen LogP) is 7.42. The van der Waals surface area contributed by atoms with E-state index < -0.39 is 0 Å². The van der Waals surface area contributed by atoms with E-state index >= 15 is 0 Å². The third-order valence-corrected chi connectivity index (χ3v) is 4.04. The largest absolute Gasteiger partial charge is 0.466 e. The molecule has 0 aliphatic heterocycles. The number of hydrogen-bond donors (Lipinski definition) is 0. The van der Waals surface area contributed by atoms with Gasteiger partial charge in [-0.1, -0.05) is 125 Å². The number of methoxy groups -OCH3 is 1. The molecular formula is C25H38O2. The second kappa shape index (κ2) is 22.0.